The summed E-state index contributed by atoms with van der Waals surface area (Å²) in [7, 11) is 3.47. The van der Waals surface area contributed by atoms with E-state index >= 15 is 0 Å². The molecule has 230 valence electrons. The molecule has 0 aromatic rings. The Morgan fingerprint density at radius 2 is 1.56 bits per heavy atom. The summed E-state index contributed by atoms with van der Waals surface area (Å²) in [5.41, 5.74) is 0. The van der Waals surface area contributed by atoms with Crippen molar-refractivity contribution in [1.82, 2.24) is 10.2 Å². The molecule has 0 spiro atoms. The van der Waals surface area contributed by atoms with Crippen LogP contribution in [0.25, 0.3) is 0 Å². The zero-order valence-electron chi connectivity index (χ0n) is 22.0. The van der Waals surface area contributed by atoms with Crippen LogP contribution < -0.4 is 5.32 Å². The van der Waals surface area contributed by atoms with Crippen LogP contribution in [0, 0.1) is 0 Å². The van der Waals surface area contributed by atoms with E-state index in [2.05, 4.69) is 5.32 Å². The number of likely N-dealkylation sites (N-methyl/N-ethyl adjacent to an activating group) is 1. The molecule has 2 unspecified atom stereocenters. The van der Waals surface area contributed by atoms with Crippen LogP contribution in [-0.4, -0.2) is 175 Å². The van der Waals surface area contributed by atoms with E-state index in [1.807, 2.05) is 0 Å². The van der Waals surface area contributed by atoms with Crippen molar-refractivity contribution in [1.29, 1.82) is 0 Å². The fourth-order valence-electron chi connectivity index (χ4n) is 3.75. The maximum absolute atomic E-state index is 10.1. The minimum Gasteiger partial charge on any atom is -0.480 e. The van der Waals surface area contributed by atoms with Gasteiger partial charge in [0, 0.05) is 0 Å². The highest BCUT2D eigenvalue weighted by Crippen LogP contribution is 2.35. The number of hydrogen-bond donors (Lipinski definition) is 11. The fourth-order valence-corrected chi connectivity index (χ4v) is 3.75. The first-order chi connectivity index (χ1) is 18.2. The number of aliphatic hydroxyl groups excluding tert-OH is 8. The van der Waals surface area contributed by atoms with E-state index in [9.17, 15) is 40.2 Å². The van der Waals surface area contributed by atoms with Crippen molar-refractivity contribution in [3.05, 3.63) is 0 Å². The molecular formula is C22H42N2O15. The van der Waals surface area contributed by atoms with Gasteiger partial charge in [0.1, 0.15) is 61.4 Å². The molecular weight excluding hydrogens is 532 g/mol. The molecule has 39 heavy (non-hydrogen) atoms. The van der Waals surface area contributed by atoms with Crippen LogP contribution in [0.5, 0.6) is 0 Å². The summed E-state index contributed by atoms with van der Waals surface area (Å²) < 4.78 is 15.4. The number of rotatable bonds is 8. The predicted octanol–water partition coefficient (Wildman–Crippen LogP) is -5.55. The highest BCUT2D eigenvalue weighted by Gasteiger charge is 2.58. The standard InChI is InChI=1S/C12H22O11.C5H9NO2.C5H11NO2/c13-1-4-6(16)8(18)9(19)11(21-4)23-12(3-15)10(20)7(17)5(2-14)22-12;7-5(8)4-2-1-3-6-4;1-4(5(7)8)6(2)3/h4-11,13-20H,1-3H2;4,6H,1-3H2,(H,7,8);4H,1-3H3,(H,7,8)/t4-,5-,6-,7-,8+,9-,10+,11-,12+;;/m1../s1. The summed E-state index contributed by atoms with van der Waals surface area (Å²) in [6.45, 7) is 0.177. The normalized spacial score (nSPS) is 38.8. The van der Waals surface area contributed by atoms with Crippen molar-refractivity contribution >= 4 is 11.9 Å². The molecule has 17 heteroatoms. The summed E-state index contributed by atoms with van der Waals surface area (Å²) in [5, 5.41) is 96.2. The van der Waals surface area contributed by atoms with Crippen LogP contribution in [0.3, 0.4) is 0 Å². The number of nitrogens with one attached hydrogen (secondary N) is 1. The summed E-state index contributed by atoms with van der Waals surface area (Å²) in [6.07, 6.45) is -10.9. The fraction of sp³-hybridized carbons (Fsp3) is 0.909. The number of nitrogens with zero attached hydrogens (tertiary/aromatic N) is 1. The molecule has 0 aromatic heterocycles. The van der Waals surface area contributed by atoms with Gasteiger partial charge in [-0.2, -0.15) is 0 Å². The van der Waals surface area contributed by atoms with E-state index in [4.69, 9.17) is 34.6 Å². The Balaban J connectivity index is 0.000000387. The molecule has 3 aliphatic rings. The van der Waals surface area contributed by atoms with Crippen molar-refractivity contribution in [3.63, 3.8) is 0 Å². The van der Waals surface area contributed by atoms with Gasteiger partial charge < -0.3 is 70.6 Å². The number of hydrogen-bond acceptors (Lipinski definition) is 15. The average Bonchev–Trinajstić information content (AvgIpc) is 3.53. The van der Waals surface area contributed by atoms with Gasteiger partial charge in [0.2, 0.25) is 5.79 Å². The molecule has 17 nitrogen and oxygen atoms in total. The van der Waals surface area contributed by atoms with Gasteiger partial charge >= 0.3 is 11.9 Å². The third kappa shape index (κ3) is 9.22. The Labute approximate surface area is 224 Å². The number of carboxylic acid groups (broad SMARTS) is 2. The lowest BCUT2D eigenvalue weighted by Crippen LogP contribution is -2.62. The van der Waals surface area contributed by atoms with Crippen LogP contribution in [0.15, 0.2) is 0 Å². The second kappa shape index (κ2) is 16.0. The second-order valence-electron chi connectivity index (χ2n) is 9.52. The highest BCUT2D eigenvalue weighted by atomic mass is 16.8. The van der Waals surface area contributed by atoms with Gasteiger partial charge in [-0.15, -0.1) is 0 Å². The van der Waals surface area contributed by atoms with Crippen molar-refractivity contribution in [2.24, 2.45) is 0 Å². The van der Waals surface area contributed by atoms with E-state index in [0.717, 1.165) is 19.4 Å². The first-order valence-corrected chi connectivity index (χ1v) is 12.3. The molecule has 3 fully saturated rings. The third-order valence-electron chi connectivity index (χ3n) is 6.56. The van der Waals surface area contributed by atoms with E-state index in [0.29, 0.717) is 0 Å². The molecule has 3 rings (SSSR count). The lowest BCUT2D eigenvalue weighted by Gasteiger charge is -2.43. The van der Waals surface area contributed by atoms with Gasteiger partial charge in [-0.25, -0.2) is 0 Å². The van der Waals surface area contributed by atoms with Crippen LogP contribution in [0.4, 0.5) is 0 Å². The molecule has 0 bridgehead atoms. The topological polar surface area (TPSA) is 279 Å². The summed E-state index contributed by atoms with van der Waals surface area (Å²) in [5.74, 6) is -3.72. The van der Waals surface area contributed by atoms with Crippen LogP contribution >= 0.6 is 0 Å². The molecule has 3 aliphatic heterocycles. The number of aliphatic hydroxyl groups is 8. The Morgan fingerprint density at radius 3 is 1.90 bits per heavy atom. The second-order valence-corrected chi connectivity index (χ2v) is 9.52. The molecule has 0 amide bonds. The quantitative estimate of drug-likeness (QED) is 0.129. The number of carboxylic acids is 2. The lowest BCUT2D eigenvalue weighted by molar-refractivity contribution is -0.383. The molecule has 0 aliphatic carbocycles. The molecule has 0 radical (unpaired) electrons. The van der Waals surface area contributed by atoms with Crippen LogP contribution in [0.1, 0.15) is 19.8 Å². The highest BCUT2D eigenvalue weighted by molar-refractivity contribution is 5.73. The molecule has 11 N–H and O–H groups in total. The van der Waals surface area contributed by atoms with Crippen LogP contribution in [-0.2, 0) is 23.8 Å². The van der Waals surface area contributed by atoms with Crippen molar-refractivity contribution in [3.8, 4) is 0 Å². The third-order valence-corrected chi connectivity index (χ3v) is 6.56. The first-order valence-electron chi connectivity index (χ1n) is 12.3. The van der Waals surface area contributed by atoms with E-state index < -0.39 is 86.6 Å². The number of aliphatic carboxylic acids is 2. The Morgan fingerprint density at radius 1 is 0.974 bits per heavy atom. The van der Waals surface area contributed by atoms with Gasteiger partial charge in [-0.3, -0.25) is 14.5 Å². The van der Waals surface area contributed by atoms with E-state index in [1.54, 1.807) is 25.9 Å². The predicted molar refractivity (Wildman–Crippen MR) is 128 cm³/mol. The maximum atomic E-state index is 10.1. The zero-order valence-corrected chi connectivity index (χ0v) is 22.0. The van der Waals surface area contributed by atoms with Crippen LogP contribution in [0.2, 0.25) is 0 Å². The van der Waals surface area contributed by atoms with Gasteiger partial charge in [-0.1, -0.05) is 0 Å². The lowest BCUT2D eigenvalue weighted by atomic mass is 9.99. The molecule has 3 heterocycles. The number of carbonyl (C=O) groups is 2. The monoisotopic (exact) mass is 574 g/mol. The van der Waals surface area contributed by atoms with E-state index in [-0.39, 0.29) is 12.1 Å². The van der Waals surface area contributed by atoms with E-state index in [1.165, 1.54) is 0 Å². The Bertz CT molecular complexity index is 741. The van der Waals surface area contributed by atoms with Crippen molar-refractivity contribution in [2.45, 2.75) is 86.7 Å². The molecule has 0 aromatic carbocycles. The minimum absolute atomic E-state index is 0.269. The Hall–Kier alpha value is -1.58. The van der Waals surface area contributed by atoms with Crippen molar-refractivity contribution in [2.75, 3.05) is 40.5 Å². The smallest absolute Gasteiger partial charge is 0.320 e. The molecule has 11 atom stereocenters. The van der Waals surface area contributed by atoms with Gasteiger partial charge in [0.05, 0.1) is 13.2 Å². The molecule has 0 saturated carbocycles. The van der Waals surface area contributed by atoms with Gasteiger partial charge in [-0.05, 0) is 40.4 Å². The Kier molecular flexibility index (Phi) is 14.6. The largest absolute Gasteiger partial charge is 0.480 e. The van der Waals surface area contributed by atoms with Gasteiger partial charge in [0.25, 0.3) is 0 Å². The summed E-state index contributed by atoms with van der Waals surface area (Å²) >= 11 is 0. The van der Waals surface area contributed by atoms with Crippen molar-refractivity contribution < 1.29 is 74.9 Å². The summed E-state index contributed by atoms with van der Waals surface area (Å²) in [6, 6.07) is -0.648. The first kappa shape index (κ1) is 35.4. The average molecular weight is 575 g/mol. The number of ether oxygens (including phenoxy) is 3. The maximum Gasteiger partial charge on any atom is 0.320 e. The summed E-state index contributed by atoms with van der Waals surface area (Å²) in [4.78, 5) is 21.9. The SMILES string of the molecule is CC(C(=O)O)N(C)C.O=C(O)C1CCCN1.OC[C@H]1O[C@@](CO)(O[C@H]2O[C@H](CO)[C@@H](O)[C@H](O)[C@H]2O)[C@@H](O)[C@@H]1O. The minimum atomic E-state index is -2.22. The zero-order chi connectivity index (χ0) is 30.1. The van der Waals surface area contributed by atoms with Gasteiger partial charge in [0.15, 0.2) is 6.29 Å². The molecule has 3 saturated heterocycles.